The van der Waals surface area contributed by atoms with E-state index in [2.05, 4.69) is 54.1 Å². The minimum absolute atomic E-state index is 0.275. The number of rotatable bonds is 12. The zero-order valence-corrected chi connectivity index (χ0v) is 24.3. The number of aromatic amines is 1. The van der Waals surface area contributed by atoms with E-state index in [1.54, 1.807) is 29.7 Å². The van der Waals surface area contributed by atoms with E-state index in [1.807, 2.05) is 63.3 Å². The number of likely N-dealkylation sites (N-methyl/N-ethyl adjacent to an activating group) is 1. The van der Waals surface area contributed by atoms with Crippen LogP contribution in [0.15, 0.2) is 115 Å². The quantitative estimate of drug-likeness (QED) is 0.148. The Morgan fingerprint density at radius 1 is 1.18 bits per heavy atom. The van der Waals surface area contributed by atoms with E-state index in [4.69, 9.17) is 11.1 Å². The molecule has 0 spiro atoms. The molecule has 0 aliphatic carbocycles. The second kappa shape index (κ2) is 13.0. The molecule has 3 aromatic rings. The normalized spacial score (nSPS) is 13.2. The van der Waals surface area contributed by atoms with Gasteiger partial charge < -0.3 is 20.9 Å². The molecule has 7 heteroatoms. The summed E-state index contributed by atoms with van der Waals surface area (Å²) in [5.74, 6) is 0. The maximum Gasteiger partial charge on any atom is 0.0868 e. The lowest BCUT2D eigenvalue weighted by molar-refractivity contribution is 0.438. The number of aromatic nitrogens is 2. The van der Waals surface area contributed by atoms with Crippen LogP contribution in [0.25, 0.3) is 21.3 Å². The number of nitrogens with two attached hydrogens (primary N) is 1. The largest absolute Gasteiger partial charge is 0.398 e. The molecule has 0 unspecified atom stereocenters. The van der Waals surface area contributed by atoms with E-state index in [0.717, 1.165) is 38.3 Å². The zero-order valence-electron chi connectivity index (χ0n) is 23.5. The Balaban J connectivity index is 1.98. The highest BCUT2D eigenvalue weighted by molar-refractivity contribution is 7.15. The molecule has 0 atom stereocenters. The average molecular weight is 539 g/mol. The SMILES string of the molecule is C=C/C(=C\C(=C/C)C(=C)/C=C(C(=N)c1cc2c(-c3ccc(C)s3)cncc2[nH]1)\C(N)=C/C)NC(=C)CN(C)C. The number of nitrogens with zero attached hydrogens (tertiary/aromatic N) is 2. The van der Waals surface area contributed by atoms with E-state index >= 15 is 0 Å². The van der Waals surface area contributed by atoms with Gasteiger partial charge in [0.1, 0.15) is 0 Å². The van der Waals surface area contributed by atoms with Crippen LogP contribution in [0, 0.1) is 12.3 Å². The van der Waals surface area contributed by atoms with Gasteiger partial charge in [-0.25, -0.2) is 0 Å². The Hall–Kier alpha value is -4.20. The fourth-order valence-corrected chi connectivity index (χ4v) is 5.01. The number of hydrogen-bond donors (Lipinski definition) is 4. The van der Waals surface area contributed by atoms with Gasteiger partial charge >= 0.3 is 0 Å². The number of nitrogens with one attached hydrogen (secondary N) is 3. The van der Waals surface area contributed by atoms with Gasteiger partial charge in [0.25, 0.3) is 0 Å². The molecule has 0 saturated heterocycles. The van der Waals surface area contributed by atoms with Gasteiger partial charge in [0.2, 0.25) is 0 Å². The molecule has 3 heterocycles. The lowest BCUT2D eigenvalue weighted by Crippen LogP contribution is -2.23. The monoisotopic (exact) mass is 538 g/mol. The number of thiophene rings is 1. The van der Waals surface area contributed by atoms with Crippen molar-refractivity contribution in [3.8, 4) is 10.4 Å². The topological polar surface area (TPSA) is 93.8 Å². The summed E-state index contributed by atoms with van der Waals surface area (Å²) in [6, 6.07) is 6.21. The molecule has 39 heavy (non-hydrogen) atoms. The minimum atomic E-state index is 0.275. The number of aryl methyl sites for hydroxylation is 1. The minimum Gasteiger partial charge on any atom is -0.398 e. The summed E-state index contributed by atoms with van der Waals surface area (Å²) in [4.78, 5) is 12.2. The Bertz CT molecular complexity index is 1540. The smallest absolute Gasteiger partial charge is 0.0868 e. The van der Waals surface area contributed by atoms with Crippen molar-refractivity contribution in [1.29, 1.82) is 5.41 Å². The number of H-pyrrole nitrogens is 1. The standard InChI is InChI=1S/C32H38N6S/c1-9-23(15-24(10-2)36-21(5)19-38(7)8)20(4)14-26(28(33)11-3)32(34)29-16-25-27(17-35-18-30(25)37-29)31-13-12-22(6)39-31/h9-18,34,36-37H,2,4-5,19,33H2,1,3,6-8H3/b23-9+,24-15+,26-14+,28-11+,34-32?. The van der Waals surface area contributed by atoms with Gasteiger partial charge in [0, 0.05) is 56.1 Å². The van der Waals surface area contributed by atoms with Crippen molar-refractivity contribution in [2.45, 2.75) is 20.8 Å². The lowest BCUT2D eigenvalue weighted by atomic mass is 9.97. The van der Waals surface area contributed by atoms with Gasteiger partial charge in [-0.2, -0.15) is 0 Å². The van der Waals surface area contributed by atoms with E-state index in [-0.39, 0.29) is 5.71 Å². The Labute approximate surface area is 235 Å². The van der Waals surface area contributed by atoms with E-state index in [1.165, 1.54) is 4.88 Å². The maximum absolute atomic E-state index is 9.10. The molecule has 0 aliphatic rings. The van der Waals surface area contributed by atoms with Crippen LogP contribution in [0.1, 0.15) is 24.4 Å². The molecule has 0 aromatic carbocycles. The molecule has 3 rings (SSSR count). The summed E-state index contributed by atoms with van der Waals surface area (Å²) < 4.78 is 0. The van der Waals surface area contributed by atoms with Crippen LogP contribution in [0.3, 0.4) is 0 Å². The van der Waals surface area contributed by atoms with Gasteiger partial charge in [-0.3, -0.25) is 10.4 Å². The Morgan fingerprint density at radius 3 is 2.51 bits per heavy atom. The third kappa shape index (κ3) is 7.22. The molecule has 0 saturated carbocycles. The van der Waals surface area contributed by atoms with Crippen LogP contribution in [0.5, 0.6) is 0 Å². The van der Waals surface area contributed by atoms with Gasteiger partial charge in [0.15, 0.2) is 0 Å². The second-order valence-corrected chi connectivity index (χ2v) is 10.7. The molecule has 3 aromatic heterocycles. The summed E-state index contributed by atoms with van der Waals surface area (Å²) >= 11 is 1.72. The van der Waals surface area contributed by atoms with Gasteiger partial charge in [0.05, 0.1) is 23.1 Å². The van der Waals surface area contributed by atoms with Crippen LogP contribution in [0.4, 0.5) is 0 Å². The van der Waals surface area contributed by atoms with Crippen molar-refractivity contribution in [2.24, 2.45) is 5.73 Å². The molecule has 0 amide bonds. The second-order valence-electron chi connectivity index (χ2n) is 9.46. The Morgan fingerprint density at radius 2 is 1.92 bits per heavy atom. The van der Waals surface area contributed by atoms with Crippen LogP contribution in [-0.4, -0.2) is 41.2 Å². The van der Waals surface area contributed by atoms with Crippen molar-refractivity contribution >= 4 is 28.0 Å². The third-order valence-corrected chi connectivity index (χ3v) is 7.11. The predicted octanol–water partition coefficient (Wildman–Crippen LogP) is 6.99. The van der Waals surface area contributed by atoms with Crippen LogP contribution >= 0.6 is 11.3 Å². The van der Waals surface area contributed by atoms with E-state index in [9.17, 15) is 0 Å². The fourth-order valence-electron chi connectivity index (χ4n) is 4.12. The summed E-state index contributed by atoms with van der Waals surface area (Å²) in [7, 11) is 3.98. The van der Waals surface area contributed by atoms with Crippen molar-refractivity contribution in [3.63, 3.8) is 0 Å². The Kier molecular flexibility index (Phi) is 9.82. The van der Waals surface area contributed by atoms with Crippen molar-refractivity contribution < 1.29 is 0 Å². The van der Waals surface area contributed by atoms with Gasteiger partial charge in [-0.15, -0.1) is 11.3 Å². The highest BCUT2D eigenvalue weighted by Crippen LogP contribution is 2.33. The molecule has 0 bridgehead atoms. The third-order valence-electron chi connectivity index (χ3n) is 6.07. The van der Waals surface area contributed by atoms with Gasteiger partial charge in [-0.05, 0) is 82.4 Å². The van der Waals surface area contributed by atoms with Crippen molar-refractivity contribution in [3.05, 3.63) is 125 Å². The summed E-state index contributed by atoms with van der Waals surface area (Å²) in [6.07, 6.45) is 13.0. The average Bonchev–Trinajstić information content (AvgIpc) is 3.54. The number of pyridine rings is 1. The van der Waals surface area contributed by atoms with Crippen LogP contribution < -0.4 is 11.1 Å². The van der Waals surface area contributed by atoms with Gasteiger partial charge in [-0.1, -0.05) is 31.9 Å². The summed E-state index contributed by atoms with van der Waals surface area (Å²) in [5.41, 5.74) is 13.6. The molecule has 6 nitrogen and oxygen atoms in total. The molecule has 0 fully saturated rings. The van der Waals surface area contributed by atoms with Crippen molar-refractivity contribution in [1.82, 2.24) is 20.2 Å². The molecule has 0 radical (unpaired) electrons. The van der Waals surface area contributed by atoms with Crippen LogP contribution in [-0.2, 0) is 0 Å². The zero-order chi connectivity index (χ0) is 28.7. The summed E-state index contributed by atoms with van der Waals surface area (Å²) in [5, 5.41) is 13.4. The predicted molar refractivity (Wildman–Crippen MR) is 169 cm³/mol. The molecule has 0 aliphatic heterocycles. The number of hydrogen-bond acceptors (Lipinski definition) is 6. The van der Waals surface area contributed by atoms with Crippen molar-refractivity contribution in [2.75, 3.05) is 20.6 Å². The lowest BCUT2D eigenvalue weighted by Gasteiger charge is -2.16. The number of fused-ring (bicyclic) bond motifs is 1. The molecular formula is C32H38N6S. The highest BCUT2D eigenvalue weighted by Gasteiger charge is 2.17. The first-order valence-corrected chi connectivity index (χ1v) is 13.5. The first kappa shape index (κ1) is 29.4. The van der Waals surface area contributed by atoms with E-state index in [0.29, 0.717) is 29.1 Å². The summed E-state index contributed by atoms with van der Waals surface area (Å²) in [6.45, 7) is 18.9. The number of allylic oxidation sites excluding steroid dienone is 8. The van der Waals surface area contributed by atoms with Crippen LogP contribution in [0.2, 0.25) is 0 Å². The van der Waals surface area contributed by atoms with E-state index < -0.39 is 0 Å². The first-order valence-electron chi connectivity index (χ1n) is 12.6. The highest BCUT2D eigenvalue weighted by atomic mass is 32.1. The molecular weight excluding hydrogens is 500 g/mol. The molecule has 5 N–H and O–H groups in total. The fraction of sp³-hybridized carbons (Fsp3) is 0.188. The first-order chi connectivity index (χ1) is 18.6. The molecule has 202 valence electrons. The maximum atomic E-state index is 9.10.